The van der Waals surface area contributed by atoms with Crippen molar-refractivity contribution in [2.24, 2.45) is 11.8 Å². The normalized spacial score (nSPS) is 26.1. The van der Waals surface area contributed by atoms with Crippen LogP contribution in [0.1, 0.15) is 39.0 Å². The molecule has 0 heterocycles. The van der Waals surface area contributed by atoms with Gasteiger partial charge in [0, 0.05) is 19.2 Å². The predicted octanol–water partition coefficient (Wildman–Crippen LogP) is 2.19. The van der Waals surface area contributed by atoms with Gasteiger partial charge in [0.2, 0.25) is 0 Å². The quantitative estimate of drug-likeness (QED) is 0.675. The average Bonchev–Trinajstić information content (AvgIpc) is 2.99. The van der Waals surface area contributed by atoms with Crippen LogP contribution in [-0.4, -0.2) is 25.8 Å². The molecule has 2 fully saturated rings. The highest BCUT2D eigenvalue weighted by molar-refractivity contribution is 4.89. The van der Waals surface area contributed by atoms with Gasteiger partial charge in [-0.1, -0.05) is 12.8 Å². The van der Waals surface area contributed by atoms with Crippen LogP contribution in [0.15, 0.2) is 0 Å². The van der Waals surface area contributed by atoms with Gasteiger partial charge in [0.15, 0.2) is 0 Å². The molecule has 2 rings (SSSR count). The fourth-order valence-corrected chi connectivity index (χ4v) is 2.29. The number of methoxy groups -OCH3 is 1. The minimum absolute atomic E-state index is 0.619. The highest BCUT2D eigenvalue weighted by Gasteiger charge is 2.32. The van der Waals surface area contributed by atoms with E-state index in [0.717, 1.165) is 18.4 Å². The Kier molecular flexibility index (Phi) is 3.45. The first kappa shape index (κ1) is 10.4. The van der Waals surface area contributed by atoms with E-state index in [1.165, 1.54) is 32.1 Å². The first-order valence-electron chi connectivity index (χ1n) is 6.04. The first-order valence-corrected chi connectivity index (χ1v) is 6.04. The van der Waals surface area contributed by atoms with Crippen molar-refractivity contribution in [3.63, 3.8) is 0 Å². The molecule has 0 saturated heterocycles. The minimum atomic E-state index is 0.619. The summed E-state index contributed by atoms with van der Waals surface area (Å²) >= 11 is 0. The van der Waals surface area contributed by atoms with E-state index in [1.807, 2.05) is 7.11 Å². The third kappa shape index (κ3) is 3.25. The van der Waals surface area contributed by atoms with Gasteiger partial charge in [-0.05, 0) is 38.0 Å². The Morgan fingerprint density at radius 1 is 1.29 bits per heavy atom. The number of hydrogen-bond acceptors (Lipinski definition) is 2. The van der Waals surface area contributed by atoms with Crippen molar-refractivity contribution >= 4 is 0 Å². The Morgan fingerprint density at radius 2 is 2.00 bits per heavy atom. The van der Waals surface area contributed by atoms with Crippen LogP contribution in [-0.2, 0) is 4.74 Å². The molecule has 2 aliphatic rings. The molecule has 2 atom stereocenters. The maximum absolute atomic E-state index is 5.26. The summed E-state index contributed by atoms with van der Waals surface area (Å²) < 4.78 is 5.26. The summed E-state index contributed by atoms with van der Waals surface area (Å²) in [5.74, 6) is 1.93. The molecule has 0 aliphatic heterocycles. The molecule has 0 amide bonds. The summed E-state index contributed by atoms with van der Waals surface area (Å²) in [7, 11) is 1.81. The average molecular weight is 197 g/mol. The van der Waals surface area contributed by atoms with Crippen LogP contribution in [0.2, 0.25) is 0 Å². The molecule has 0 aromatic carbocycles. The highest BCUT2D eigenvalue weighted by Crippen LogP contribution is 2.35. The van der Waals surface area contributed by atoms with Crippen LogP contribution >= 0.6 is 0 Å². The van der Waals surface area contributed by atoms with E-state index in [4.69, 9.17) is 4.74 Å². The Morgan fingerprint density at radius 3 is 2.50 bits per heavy atom. The molecular weight excluding hydrogens is 174 g/mol. The lowest BCUT2D eigenvalue weighted by atomic mass is 10.1. The lowest BCUT2D eigenvalue weighted by Gasteiger charge is -2.22. The smallest absolute Gasteiger partial charge is 0.0618 e. The summed E-state index contributed by atoms with van der Waals surface area (Å²) in [5.41, 5.74) is 0. The largest absolute Gasteiger partial charge is 0.383 e. The summed E-state index contributed by atoms with van der Waals surface area (Å²) in [4.78, 5) is 0. The standard InChI is InChI=1S/C12H23NO/c1-9(7-10-3-4-10)13-12(8-14-2)11-5-6-11/h9-13H,3-8H2,1-2H3. The van der Waals surface area contributed by atoms with E-state index < -0.39 is 0 Å². The Balaban J connectivity index is 1.68. The van der Waals surface area contributed by atoms with Crippen LogP contribution in [0.3, 0.4) is 0 Å². The third-order valence-corrected chi connectivity index (χ3v) is 3.42. The van der Waals surface area contributed by atoms with Gasteiger partial charge in [-0.15, -0.1) is 0 Å². The van der Waals surface area contributed by atoms with Crippen LogP contribution in [0.25, 0.3) is 0 Å². The van der Waals surface area contributed by atoms with E-state index in [1.54, 1.807) is 0 Å². The molecule has 0 spiro atoms. The molecule has 82 valence electrons. The second-order valence-electron chi connectivity index (χ2n) is 5.15. The maximum Gasteiger partial charge on any atom is 0.0618 e. The van der Waals surface area contributed by atoms with E-state index in [2.05, 4.69) is 12.2 Å². The minimum Gasteiger partial charge on any atom is -0.383 e. The summed E-state index contributed by atoms with van der Waals surface area (Å²) in [5, 5.41) is 3.73. The van der Waals surface area contributed by atoms with Gasteiger partial charge in [-0.2, -0.15) is 0 Å². The monoisotopic (exact) mass is 197 g/mol. The molecule has 0 radical (unpaired) electrons. The van der Waals surface area contributed by atoms with Crippen molar-refractivity contribution in [2.45, 2.75) is 51.1 Å². The van der Waals surface area contributed by atoms with Gasteiger partial charge in [0.25, 0.3) is 0 Å². The number of nitrogens with one attached hydrogen (secondary N) is 1. The lowest BCUT2D eigenvalue weighted by molar-refractivity contribution is 0.151. The van der Waals surface area contributed by atoms with Crippen LogP contribution in [0, 0.1) is 11.8 Å². The van der Waals surface area contributed by atoms with Gasteiger partial charge in [0.1, 0.15) is 0 Å². The molecule has 2 heteroatoms. The third-order valence-electron chi connectivity index (χ3n) is 3.42. The molecule has 14 heavy (non-hydrogen) atoms. The summed E-state index contributed by atoms with van der Waals surface area (Å²) in [6, 6.07) is 1.30. The molecule has 1 N–H and O–H groups in total. The van der Waals surface area contributed by atoms with Crippen LogP contribution < -0.4 is 5.32 Å². The zero-order valence-electron chi connectivity index (χ0n) is 9.46. The fourth-order valence-electron chi connectivity index (χ4n) is 2.29. The van der Waals surface area contributed by atoms with Crippen LogP contribution in [0.4, 0.5) is 0 Å². The molecule has 2 aliphatic carbocycles. The second kappa shape index (κ2) is 4.63. The molecule has 2 saturated carbocycles. The summed E-state index contributed by atoms with van der Waals surface area (Å²) in [6.07, 6.45) is 7.09. The van der Waals surface area contributed by atoms with E-state index in [-0.39, 0.29) is 0 Å². The van der Waals surface area contributed by atoms with Crippen molar-refractivity contribution in [3.05, 3.63) is 0 Å². The number of rotatable bonds is 7. The van der Waals surface area contributed by atoms with E-state index >= 15 is 0 Å². The van der Waals surface area contributed by atoms with Gasteiger partial charge in [-0.3, -0.25) is 0 Å². The zero-order chi connectivity index (χ0) is 9.97. The van der Waals surface area contributed by atoms with E-state index in [9.17, 15) is 0 Å². The molecule has 2 nitrogen and oxygen atoms in total. The first-order chi connectivity index (χ1) is 6.79. The van der Waals surface area contributed by atoms with Gasteiger partial charge in [-0.25, -0.2) is 0 Å². The topological polar surface area (TPSA) is 21.3 Å². The van der Waals surface area contributed by atoms with Crippen molar-refractivity contribution < 1.29 is 4.74 Å². The van der Waals surface area contributed by atoms with Gasteiger partial charge in [0.05, 0.1) is 6.61 Å². The van der Waals surface area contributed by atoms with Crippen molar-refractivity contribution in [2.75, 3.05) is 13.7 Å². The van der Waals surface area contributed by atoms with Crippen molar-refractivity contribution in [1.82, 2.24) is 5.32 Å². The highest BCUT2D eigenvalue weighted by atomic mass is 16.5. The zero-order valence-corrected chi connectivity index (χ0v) is 9.46. The van der Waals surface area contributed by atoms with Crippen molar-refractivity contribution in [3.8, 4) is 0 Å². The molecule has 2 unspecified atom stereocenters. The maximum atomic E-state index is 5.26. The van der Waals surface area contributed by atoms with E-state index in [0.29, 0.717) is 12.1 Å². The molecule has 0 aromatic rings. The summed E-state index contributed by atoms with van der Waals surface area (Å²) in [6.45, 7) is 3.21. The molecule has 0 bridgehead atoms. The van der Waals surface area contributed by atoms with Crippen LogP contribution in [0.5, 0.6) is 0 Å². The Labute approximate surface area is 87.4 Å². The number of hydrogen-bond donors (Lipinski definition) is 1. The van der Waals surface area contributed by atoms with Crippen molar-refractivity contribution in [1.29, 1.82) is 0 Å². The molecule has 0 aromatic heterocycles. The Hall–Kier alpha value is -0.0800. The Bertz CT molecular complexity index is 175. The second-order valence-corrected chi connectivity index (χ2v) is 5.15. The predicted molar refractivity (Wildman–Crippen MR) is 58.3 cm³/mol. The fraction of sp³-hybridized carbons (Fsp3) is 1.00. The SMILES string of the molecule is COCC(NC(C)CC1CC1)C1CC1. The molecular formula is C12H23NO. The lowest BCUT2D eigenvalue weighted by Crippen LogP contribution is -2.41. The van der Waals surface area contributed by atoms with Gasteiger partial charge >= 0.3 is 0 Å². The number of ether oxygens (including phenoxy) is 1. The van der Waals surface area contributed by atoms with Gasteiger partial charge < -0.3 is 10.1 Å².